The minimum absolute atomic E-state index is 0.0786. The van der Waals surface area contributed by atoms with Crippen molar-refractivity contribution in [2.24, 2.45) is 5.92 Å². The van der Waals surface area contributed by atoms with Gasteiger partial charge in [0.2, 0.25) is 11.8 Å². The van der Waals surface area contributed by atoms with E-state index in [1.807, 2.05) is 49.4 Å². The van der Waals surface area contributed by atoms with Crippen LogP contribution in [0.25, 0.3) is 10.2 Å². The summed E-state index contributed by atoms with van der Waals surface area (Å²) in [6, 6.07) is 13.4. The Morgan fingerprint density at radius 3 is 2.73 bits per heavy atom. The van der Waals surface area contributed by atoms with Crippen LogP contribution < -0.4 is 15.4 Å². The van der Waals surface area contributed by atoms with E-state index in [2.05, 4.69) is 15.6 Å². The maximum absolute atomic E-state index is 13.0. The largest absolute Gasteiger partial charge is 0.497 e. The van der Waals surface area contributed by atoms with Crippen LogP contribution in [0.3, 0.4) is 0 Å². The van der Waals surface area contributed by atoms with Crippen LogP contribution in [0.2, 0.25) is 0 Å². The van der Waals surface area contributed by atoms with Gasteiger partial charge in [0.25, 0.3) is 0 Å². The van der Waals surface area contributed by atoms with Gasteiger partial charge in [-0.05, 0) is 55.7 Å². The number of thiazole rings is 1. The molecule has 8 heteroatoms. The Hall–Kier alpha value is -2.58. The first kappa shape index (κ1) is 23.6. The first-order valence-corrected chi connectivity index (χ1v) is 13.1. The van der Waals surface area contributed by atoms with E-state index in [0.717, 1.165) is 52.2 Å². The van der Waals surface area contributed by atoms with Crippen LogP contribution >= 0.6 is 23.1 Å². The number of ether oxygens (including phenoxy) is 1. The third kappa shape index (κ3) is 6.06. The minimum atomic E-state index is -0.268. The molecule has 2 aromatic carbocycles. The van der Waals surface area contributed by atoms with Gasteiger partial charge in [-0.2, -0.15) is 0 Å². The van der Waals surface area contributed by atoms with Crippen LogP contribution in [-0.2, 0) is 9.59 Å². The molecule has 1 atom stereocenters. The molecule has 33 heavy (non-hydrogen) atoms. The highest BCUT2D eigenvalue weighted by Crippen LogP contribution is 2.32. The van der Waals surface area contributed by atoms with Gasteiger partial charge in [0.05, 0.1) is 22.6 Å². The molecule has 1 heterocycles. The van der Waals surface area contributed by atoms with Gasteiger partial charge < -0.3 is 15.4 Å². The van der Waals surface area contributed by atoms with Crippen molar-refractivity contribution in [1.82, 2.24) is 4.98 Å². The SMILES string of the molecule is CCC(Sc1cccc(NC(=O)C2CCCCC2)c1)C(=O)Nc1nc2ccc(OC)cc2s1. The predicted octanol–water partition coefficient (Wildman–Crippen LogP) is 6.33. The molecule has 0 bridgehead atoms. The Labute approximate surface area is 202 Å². The molecule has 0 spiro atoms. The fraction of sp³-hybridized carbons (Fsp3) is 0.400. The number of carbonyl (C=O) groups is 2. The maximum atomic E-state index is 13.0. The number of carbonyl (C=O) groups excluding carboxylic acids is 2. The topological polar surface area (TPSA) is 80.3 Å². The molecule has 174 valence electrons. The summed E-state index contributed by atoms with van der Waals surface area (Å²) >= 11 is 2.93. The molecule has 2 amide bonds. The summed E-state index contributed by atoms with van der Waals surface area (Å²) in [7, 11) is 1.63. The summed E-state index contributed by atoms with van der Waals surface area (Å²) in [5.41, 5.74) is 1.61. The zero-order valence-electron chi connectivity index (χ0n) is 18.9. The van der Waals surface area contributed by atoms with Crippen LogP contribution in [0.15, 0.2) is 47.4 Å². The first-order chi connectivity index (χ1) is 16.1. The zero-order chi connectivity index (χ0) is 23.2. The molecule has 4 rings (SSSR count). The van der Waals surface area contributed by atoms with Crippen LogP contribution in [0.4, 0.5) is 10.8 Å². The van der Waals surface area contributed by atoms with Crippen molar-refractivity contribution >= 4 is 55.9 Å². The average molecular weight is 484 g/mol. The Morgan fingerprint density at radius 2 is 1.97 bits per heavy atom. The Kier molecular flexibility index (Phi) is 7.88. The lowest BCUT2D eigenvalue weighted by Gasteiger charge is -2.21. The molecule has 6 nitrogen and oxygen atoms in total. The van der Waals surface area contributed by atoms with E-state index >= 15 is 0 Å². The monoisotopic (exact) mass is 483 g/mol. The molecule has 1 aliphatic carbocycles. The number of hydrogen-bond donors (Lipinski definition) is 2. The summed E-state index contributed by atoms with van der Waals surface area (Å²) in [6.07, 6.45) is 6.09. The average Bonchev–Trinajstić information content (AvgIpc) is 3.24. The van der Waals surface area contributed by atoms with E-state index in [1.165, 1.54) is 29.5 Å². The summed E-state index contributed by atoms with van der Waals surface area (Å²) in [5, 5.41) is 6.34. The maximum Gasteiger partial charge on any atom is 0.239 e. The molecule has 3 aromatic rings. The Balaban J connectivity index is 1.39. The summed E-state index contributed by atoms with van der Waals surface area (Å²) < 4.78 is 6.23. The highest BCUT2D eigenvalue weighted by Gasteiger charge is 2.22. The van der Waals surface area contributed by atoms with Crippen molar-refractivity contribution in [3.63, 3.8) is 0 Å². The van der Waals surface area contributed by atoms with Gasteiger partial charge >= 0.3 is 0 Å². The van der Waals surface area contributed by atoms with Crippen LogP contribution in [0.1, 0.15) is 45.4 Å². The number of nitrogens with one attached hydrogen (secondary N) is 2. The second kappa shape index (κ2) is 11.0. The van der Waals surface area contributed by atoms with Gasteiger partial charge in [0, 0.05) is 16.5 Å². The second-order valence-electron chi connectivity index (χ2n) is 8.21. The van der Waals surface area contributed by atoms with Crippen molar-refractivity contribution < 1.29 is 14.3 Å². The van der Waals surface area contributed by atoms with Crippen molar-refractivity contribution in [2.75, 3.05) is 17.7 Å². The molecule has 2 N–H and O–H groups in total. The third-order valence-electron chi connectivity index (χ3n) is 5.84. The highest BCUT2D eigenvalue weighted by atomic mass is 32.2. The Bertz CT molecular complexity index is 1130. The van der Waals surface area contributed by atoms with E-state index < -0.39 is 0 Å². The van der Waals surface area contributed by atoms with Crippen LogP contribution in [-0.4, -0.2) is 29.2 Å². The number of fused-ring (bicyclic) bond motifs is 1. The van der Waals surface area contributed by atoms with Crippen molar-refractivity contribution in [2.45, 2.75) is 55.6 Å². The number of thioether (sulfide) groups is 1. The van der Waals surface area contributed by atoms with Crippen molar-refractivity contribution in [3.8, 4) is 5.75 Å². The van der Waals surface area contributed by atoms with Crippen LogP contribution in [0, 0.1) is 5.92 Å². The fourth-order valence-electron chi connectivity index (χ4n) is 4.01. The molecule has 0 saturated heterocycles. The second-order valence-corrected chi connectivity index (χ2v) is 10.5. The number of benzene rings is 2. The number of anilines is 2. The lowest BCUT2D eigenvalue weighted by Crippen LogP contribution is -2.25. The smallest absolute Gasteiger partial charge is 0.239 e. The Morgan fingerprint density at radius 1 is 1.15 bits per heavy atom. The van der Waals surface area contributed by atoms with Gasteiger partial charge in [-0.3, -0.25) is 9.59 Å². The first-order valence-electron chi connectivity index (χ1n) is 11.4. The molecule has 0 aliphatic heterocycles. The van der Waals surface area contributed by atoms with Gasteiger partial charge in [-0.15, -0.1) is 11.8 Å². The predicted molar refractivity (Wildman–Crippen MR) is 136 cm³/mol. The van der Waals surface area contributed by atoms with E-state index in [1.54, 1.807) is 7.11 Å². The number of rotatable bonds is 8. The highest BCUT2D eigenvalue weighted by molar-refractivity contribution is 8.00. The molecule has 1 aliphatic rings. The van der Waals surface area contributed by atoms with Crippen LogP contribution in [0.5, 0.6) is 5.75 Å². The van der Waals surface area contributed by atoms with Gasteiger partial charge in [-0.1, -0.05) is 43.6 Å². The molecule has 1 unspecified atom stereocenters. The molecule has 0 radical (unpaired) electrons. The number of hydrogen-bond acceptors (Lipinski definition) is 6. The van der Waals surface area contributed by atoms with E-state index in [0.29, 0.717) is 11.6 Å². The summed E-state index contributed by atoms with van der Waals surface area (Å²) in [6.45, 7) is 2.00. The van der Waals surface area contributed by atoms with Gasteiger partial charge in [0.15, 0.2) is 5.13 Å². The number of methoxy groups -OCH3 is 1. The van der Waals surface area contributed by atoms with Gasteiger partial charge in [-0.25, -0.2) is 4.98 Å². The fourth-order valence-corrected chi connectivity index (χ4v) is 5.92. The number of amides is 2. The summed E-state index contributed by atoms with van der Waals surface area (Å²) in [5.74, 6) is 0.902. The van der Waals surface area contributed by atoms with Crippen molar-refractivity contribution in [3.05, 3.63) is 42.5 Å². The van der Waals surface area contributed by atoms with Crippen molar-refractivity contribution in [1.29, 1.82) is 0 Å². The molecule has 1 aromatic heterocycles. The summed E-state index contributed by atoms with van der Waals surface area (Å²) in [4.78, 5) is 31.0. The number of aromatic nitrogens is 1. The van der Waals surface area contributed by atoms with E-state index in [9.17, 15) is 9.59 Å². The van der Waals surface area contributed by atoms with Gasteiger partial charge in [0.1, 0.15) is 5.75 Å². The van der Waals surface area contributed by atoms with E-state index in [4.69, 9.17) is 4.74 Å². The lowest BCUT2D eigenvalue weighted by molar-refractivity contribution is -0.120. The quantitative estimate of drug-likeness (QED) is 0.366. The normalized spacial score (nSPS) is 15.2. The third-order valence-corrected chi connectivity index (χ3v) is 8.14. The number of nitrogens with zero attached hydrogens (tertiary/aromatic N) is 1. The minimum Gasteiger partial charge on any atom is -0.497 e. The lowest BCUT2D eigenvalue weighted by atomic mass is 9.88. The molecular formula is C25H29N3O3S2. The molecule has 1 saturated carbocycles. The molecule has 1 fully saturated rings. The zero-order valence-corrected chi connectivity index (χ0v) is 20.6. The van der Waals surface area contributed by atoms with E-state index in [-0.39, 0.29) is 23.0 Å². The standard InChI is InChI=1S/C25H29N3O3S2/c1-3-21(24(30)28-25-27-20-13-12-18(31-2)15-22(20)33-25)32-19-11-7-10-17(14-19)26-23(29)16-8-5-4-6-9-16/h7,10-16,21H,3-6,8-9H2,1-2H3,(H,26,29)(H,27,28,30). The molecular weight excluding hydrogens is 454 g/mol.